The van der Waals surface area contributed by atoms with Crippen LogP contribution in [-0.2, 0) is 4.79 Å². The lowest BCUT2D eigenvalue weighted by Crippen LogP contribution is -2.46. The monoisotopic (exact) mass is 266 g/mol. The highest BCUT2D eigenvalue weighted by molar-refractivity contribution is 5.96. The molecule has 3 N–H and O–H groups in total. The van der Waals surface area contributed by atoms with E-state index in [4.69, 9.17) is 4.42 Å². The molecule has 19 heavy (non-hydrogen) atoms. The number of amides is 2. The van der Waals surface area contributed by atoms with Crippen molar-refractivity contribution in [3.8, 4) is 0 Å². The van der Waals surface area contributed by atoms with Gasteiger partial charge in [-0.05, 0) is 39.2 Å². The number of aryl methyl sites for hydroxylation is 2. The number of carbonyl (C=O) groups excluding carboxylic acids is 2. The molecule has 1 fully saturated rings. The van der Waals surface area contributed by atoms with Gasteiger partial charge in [-0.2, -0.15) is 0 Å². The molecule has 1 aliphatic carbocycles. The molecule has 0 radical (unpaired) electrons. The number of hydrogen-bond acceptors (Lipinski definition) is 4. The predicted octanol–water partition coefficient (Wildman–Crippen LogP) is 0.818. The molecule has 0 bridgehead atoms. The first-order valence-corrected chi connectivity index (χ1v) is 6.34. The smallest absolute Gasteiger partial charge is 0.273 e. The predicted molar refractivity (Wildman–Crippen MR) is 67.1 cm³/mol. The molecule has 1 saturated carbocycles. The van der Waals surface area contributed by atoms with Crippen LogP contribution in [0.25, 0.3) is 0 Å². The Labute approximate surface area is 111 Å². The highest BCUT2D eigenvalue weighted by Gasteiger charge is 2.31. The van der Waals surface area contributed by atoms with Crippen molar-refractivity contribution < 1.29 is 19.1 Å². The van der Waals surface area contributed by atoms with Crippen LogP contribution in [0.5, 0.6) is 0 Å². The molecule has 6 heteroatoms. The van der Waals surface area contributed by atoms with Crippen molar-refractivity contribution in [2.75, 3.05) is 0 Å². The van der Waals surface area contributed by atoms with E-state index in [9.17, 15) is 14.7 Å². The number of aliphatic hydroxyl groups is 1. The normalized spacial score (nSPS) is 22.3. The van der Waals surface area contributed by atoms with Gasteiger partial charge < -0.3 is 9.52 Å². The van der Waals surface area contributed by atoms with E-state index >= 15 is 0 Å². The first-order valence-electron chi connectivity index (χ1n) is 6.34. The molecule has 1 aliphatic rings. The summed E-state index contributed by atoms with van der Waals surface area (Å²) in [5.41, 5.74) is 5.08. The maximum atomic E-state index is 11.8. The summed E-state index contributed by atoms with van der Waals surface area (Å²) in [5, 5.41) is 9.60. The van der Waals surface area contributed by atoms with Crippen LogP contribution < -0.4 is 10.9 Å². The minimum absolute atomic E-state index is 0.351. The summed E-state index contributed by atoms with van der Waals surface area (Å²) in [6.45, 7) is 3.43. The van der Waals surface area contributed by atoms with Gasteiger partial charge in [-0.1, -0.05) is 0 Å². The molecule has 6 nitrogen and oxygen atoms in total. The molecular weight excluding hydrogens is 248 g/mol. The number of furan rings is 1. The Balaban J connectivity index is 1.90. The van der Waals surface area contributed by atoms with Crippen LogP contribution >= 0.6 is 0 Å². The van der Waals surface area contributed by atoms with Crippen LogP contribution in [0.15, 0.2) is 10.5 Å². The molecule has 0 aromatic carbocycles. The summed E-state index contributed by atoms with van der Waals surface area (Å²) in [7, 11) is 0. The van der Waals surface area contributed by atoms with E-state index in [1.807, 2.05) is 0 Å². The SMILES string of the molecule is Cc1cc(C(=O)NNC(=O)C2CCCC2O)c(C)o1. The summed E-state index contributed by atoms with van der Waals surface area (Å²) < 4.78 is 5.25. The van der Waals surface area contributed by atoms with Crippen LogP contribution in [0.3, 0.4) is 0 Å². The zero-order chi connectivity index (χ0) is 14.0. The van der Waals surface area contributed by atoms with E-state index in [0.29, 0.717) is 29.9 Å². The molecule has 0 spiro atoms. The molecule has 0 saturated heterocycles. The van der Waals surface area contributed by atoms with Crippen LogP contribution in [0.2, 0.25) is 0 Å². The highest BCUT2D eigenvalue weighted by Crippen LogP contribution is 2.25. The Hall–Kier alpha value is -1.82. The van der Waals surface area contributed by atoms with Crippen molar-refractivity contribution in [2.45, 2.75) is 39.2 Å². The molecule has 1 heterocycles. The average Bonchev–Trinajstić information content (AvgIpc) is 2.91. The lowest BCUT2D eigenvalue weighted by molar-refractivity contribution is -0.128. The van der Waals surface area contributed by atoms with Gasteiger partial charge >= 0.3 is 0 Å². The number of hydrazine groups is 1. The zero-order valence-electron chi connectivity index (χ0n) is 11.0. The number of hydrogen-bond donors (Lipinski definition) is 3. The molecule has 2 atom stereocenters. The van der Waals surface area contributed by atoms with Gasteiger partial charge in [-0.15, -0.1) is 0 Å². The van der Waals surface area contributed by atoms with Gasteiger partial charge in [0.1, 0.15) is 11.5 Å². The molecule has 104 valence electrons. The molecule has 1 aromatic rings. The molecule has 0 aliphatic heterocycles. The Kier molecular flexibility index (Phi) is 3.90. The third kappa shape index (κ3) is 2.96. The van der Waals surface area contributed by atoms with Gasteiger partial charge in [-0.25, -0.2) is 0 Å². The Morgan fingerprint density at radius 3 is 2.58 bits per heavy atom. The molecular formula is C13H18N2O4. The fourth-order valence-corrected chi connectivity index (χ4v) is 2.38. The third-order valence-electron chi connectivity index (χ3n) is 3.40. The third-order valence-corrected chi connectivity index (χ3v) is 3.40. The van der Waals surface area contributed by atoms with Crippen molar-refractivity contribution in [3.05, 3.63) is 23.2 Å². The number of aliphatic hydroxyl groups excluding tert-OH is 1. The number of rotatable bonds is 2. The van der Waals surface area contributed by atoms with Crippen molar-refractivity contribution in [3.63, 3.8) is 0 Å². The van der Waals surface area contributed by atoms with Gasteiger partial charge in [0.25, 0.3) is 5.91 Å². The molecule has 2 amide bonds. The van der Waals surface area contributed by atoms with Crippen LogP contribution in [0, 0.1) is 19.8 Å². The summed E-state index contributed by atoms with van der Waals surface area (Å²) in [5.74, 6) is -0.0655. The van der Waals surface area contributed by atoms with Crippen molar-refractivity contribution >= 4 is 11.8 Å². The summed E-state index contributed by atoms with van der Waals surface area (Å²) in [6.07, 6.45) is 1.49. The van der Waals surface area contributed by atoms with E-state index < -0.39 is 17.9 Å². The van der Waals surface area contributed by atoms with Gasteiger partial charge in [0.15, 0.2) is 0 Å². The fourth-order valence-electron chi connectivity index (χ4n) is 2.38. The maximum absolute atomic E-state index is 11.8. The highest BCUT2D eigenvalue weighted by atomic mass is 16.3. The van der Waals surface area contributed by atoms with E-state index in [2.05, 4.69) is 10.9 Å². The average molecular weight is 266 g/mol. The second-order valence-electron chi connectivity index (χ2n) is 4.88. The molecule has 2 unspecified atom stereocenters. The maximum Gasteiger partial charge on any atom is 0.273 e. The Morgan fingerprint density at radius 2 is 2.05 bits per heavy atom. The van der Waals surface area contributed by atoms with Crippen molar-refractivity contribution in [1.82, 2.24) is 10.9 Å². The van der Waals surface area contributed by atoms with Crippen LogP contribution in [0.4, 0.5) is 0 Å². The summed E-state index contributed by atoms with van der Waals surface area (Å²) >= 11 is 0. The molecule has 2 rings (SSSR count). The number of carbonyl (C=O) groups is 2. The molecule has 1 aromatic heterocycles. The van der Waals surface area contributed by atoms with E-state index in [0.717, 1.165) is 6.42 Å². The van der Waals surface area contributed by atoms with Gasteiger partial charge in [0.05, 0.1) is 17.6 Å². The minimum atomic E-state index is -0.616. The second kappa shape index (κ2) is 5.44. The first-order chi connectivity index (χ1) is 8.99. The first kappa shape index (κ1) is 13.6. The lowest BCUT2D eigenvalue weighted by atomic mass is 10.1. The van der Waals surface area contributed by atoms with Crippen molar-refractivity contribution in [2.24, 2.45) is 5.92 Å². The standard InChI is InChI=1S/C13H18N2O4/c1-7-6-10(8(2)19-7)13(18)15-14-12(17)9-4-3-5-11(9)16/h6,9,11,16H,3-5H2,1-2H3,(H,14,17)(H,15,18). The van der Waals surface area contributed by atoms with E-state index in [1.165, 1.54) is 0 Å². The quantitative estimate of drug-likeness (QED) is 0.691. The van der Waals surface area contributed by atoms with E-state index in [-0.39, 0.29) is 5.91 Å². The van der Waals surface area contributed by atoms with E-state index in [1.54, 1.807) is 19.9 Å². The van der Waals surface area contributed by atoms with Crippen LogP contribution in [-0.4, -0.2) is 23.0 Å². The van der Waals surface area contributed by atoms with Crippen molar-refractivity contribution in [1.29, 1.82) is 0 Å². The summed E-state index contributed by atoms with van der Waals surface area (Å²) in [4.78, 5) is 23.6. The Morgan fingerprint density at radius 1 is 1.32 bits per heavy atom. The summed E-state index contributed by atoms with van der Waals surface area (Å²) in [6, 6.07) is 1.61. The fraction of sp³-hybridized carbons (Fsp3) is 0.538. The van der Waals surface area contributed by atoms with Crippen LogP contribution in [0.1, 0.15) is 41.1 Å². The second-order valence-corrected chi connectivity index (χ2v) is 4.88. The number of nitrogens with one attached hydrogen (secondary N) is 2. The lowest BCUT2D eigenvalue weighted by Gasteiger charge is -2.14. The van der Waals surface area contributed by atoms with Gasteiger partial charge in [0, 0.05) is 0 Å². The largest absolute Gasteiger partial charge is 0.466 e. The van der Waals surface area contributed by atoms with Gasteiger partial charge in [-0.3, -0.25) is 20.4 Å². The minimum Gasteiger partial charge on any atom is -0.466 e. The zero-order valence-corrected chi connectivity index (χ0v) is 11.0. The van der Waals surface area contributed by atoms with Gasteiger partial charge in [0.2, 0.25) is 5.91 Å². The topological polar surface area (TPSA) is 91.6 Å². The Bertz CT molecular complexity index is 495.